The summed E-state index contributed by atoms with van der Waals surface area (Å²) in [4.78, 5) is 0. The molecule has 0 unspecified atom stereocenters. The maximum absolute atomic E-state index is 12.6. The molecule has 1 rings (SSSR count). The first-order valence-corrected chi connectivity index (χ1v) is 5.04. The molecule has 16 heavy (non-hydrogen) atoms. The topological polar surface area (TPSA) is 26.0 Å². The molecule has 0 radical (unpaired) electrons. The first kappa shape index (κ1) is 12.8. The number of hydrogen-bond donors (Lipinski definition) is 1. The van der Waals surface area contributed by atoms with Gasteiger partial charge in [-0.1, -0.05) is 36.8 Å². The molecule has 0 fully saturated rings. The molecule has 1 aromatic carbocycles. The van der Waals surface area contributed by atoms with Crippen LogP contribution >= 0.6 is 0 Å². The molecular formula is C12H14F3N. The standard InChI is InChI=1S/C12H14F3N/c1-2-9(8-16)7-10-5-3-4-6-11(10)12(13,14)15/h3-7H,2,8,16H2,1H3. The number of rotatable bonds is 3. The Balaban J connectivity index is 3.19. The molecule has 1 nitrogen and oxygen atoms in total. The molecule has 4 heteroatoms. The first-order valence-electron chi connectivity index (χ1n) is 5.04. The van der Waals surface area contributed by atoms with Crippen molar-refractivity contribution < 1.29 is 13.2 Å². The molecule has 0 spiro atoms. The largest absolute Gasteiger partial charge is 0.416 e. The quantitative estimate of drug-likeness (QED) is 0.843. The van der Waals surface area contributed by atoms with Gasteiger partial charge in [0.25, 0.3) is 0 Å². The van der Waals surface area contributed by atoms with Crippen LogP contribution in [0.3, 0.4) is 0 Å². The van der Waals surface area contributed by atoms with E-state index in [9.17, 15) is 13.2 Å². The highest BCUT2D eigenvalue weighted by Gasteiger charge is 2.32. The van der Waals surface area contributed by atoms with E-state index in [0.717, 1.165) is 11.6 Å². The molecule has 0 heterocycles. The molecule has 0 saturated heterocycles. The second-order valence-electron chi connectivity index (χ2n) is 3.45. The first-order chi connectivity index (χ1) is 7.49. The van der Waals surface area contributed by atoms with Gasteiger partial charge in [-0.3, -0.25) is 0 Å². The third-order valence-electron chi connectivity index (χ3n) is 2.34. The maximum Gasteiger partial charge on any atom is 0.416 e. The van der Waals surface area contributed by atoms with E-state index in [1.165, 1.54) is 18.2 Å². The Kier molecular flexibility index (Phi) is 4.12. The van der Waals surface area contributed by atoms with Gasteiger partial charge in [0.1, 0.15) is 0 Å². The number of halogens is 3. The van der Waals surface area contributed by atoms with Gasteiger partial charge in [0.05, 0.1) is 5.56 Å². The van der Waals surface area contributed by atoms with Crippen LogP contribution in [0.25, 0.3) is 6.08 Å². The summed E-state index contributed by atoms with van der Waals surface area (Å²) in [5, 5.41) is 0. The van der Waals surface area contributed by atoms with Crippen LogP contribution in [0.4, 0.5) is 13.2 Å². The summed E-state index contributed by atoms with van der Waals surface area (Å²) in [6.07, 6.45) is -2.15. The molecule has 1 aromatic rings. The Bertz CT molecular complexity index is 374. The van der Waals surface area contributed by atoms with E-state index in [4.69, 9.17) is 5.73 Å². The van der Waals surface area contributed by atoms with Gasteiger partial charge in [-0.2, -0.15) is 13.2 Å². The van der Waals surface area contributed by atoms with E-state index in [2.05, 4.69) is 0 Å². The molecule has 0 aliphatic carbocycles. The molecule has 0 saturated carbocycles. The number of nitrogens with two attached hydrogens (primary N) is 1. The Labute approximate surface area is 92.8 Å². The molecule has 2 N–H and O–H groups in total. The molecule has 0 amide bonds. The summed E-state index contributed by atoms with van der Waals surface area (Å²) in [6, 6.07) is 5.50. The zero-order chi connectivity index (χ0) is 12.2. The minimum atomic E-state index is -4.32. The average molecular weight is 229 g/mol. The van der Waals surface area contributed by atoms with Crippen LogP contribution in [0, 0.1) is 0 Å². The predicted molar refractivity (Wildman–Crippen MR) is 58.8 cm³/mol. The van der Waals surface area contributed by atoms with Gasteiger partial charge in [-0.05, 0) is 18.1 Å². The highest BCUT2D eigenvalue weighted by molar-refractivity contribution is 5.57. The lowest BCUT2D eigenvalue weighted by Crippen LogP contribution is -2.08. The normalized spacial score (nSPS) is 12.9. The second kappa shape index (κ2) is 5.16. The van der Waals surface area contributed by atoms with Gasteiger partial charge < -0.3 is 5.73 Å². The molecule has 0 aliphatic heterocycles. The predicted octanol–water partition coefficient (Wildman–Crippen LogP) is 3.46. The number of hydrogen-bond acceptors (Lipinski definition) is 1. The maximum atomic E-state index is 12.6. The SMILES string of the molecule is CCC(=Cc1ccccc1C(F)(F)F)CN. The Morgan fingerprint density at radius 1 is 1.31 bits per heavy atom. The van der Waals surface area contributed by atoms with Crippen molar-refractivity contribution in [1.82, 2.24) is 0 Å². The van der Waals surface area contributed by atoms with Gasteiger partial charge in [-0.15, -0.1) is 0 Å². The molecular weight excluding hydrogens is 215 g/mol. The lowest BCUT2D eigenvalue weighted by atomic mass is 10.0. The van der Waals surface area contributed by atoms with E-state index >= 15 is 0 Å². The van der Waals surface area contributed by atoms with E-state index in [1.54, 1.807) is 6.07 Å². The van der Waals surface area contributed by atoms with Crippen molar-refractivity contribution in [2.45, 2.75) is 19.5 Å². The van der Waals surface area contributed by atoms with Gasteiger partial charge in [0, 0.05) is 6.54 Å². The van der Waals surface area contributed by atoms with Crippen LogP contribution in [0.2, 0.25) is 0 Å². The summed E-state index contributed by atoms with van der Waals surface area (Å²) in [5.74, 6) is 0. The fourth-order valence-electron chi connectivity index (χ4n) is 1.41. The number of benzene rings is 1. The molecule has 0 atom stereocenters. The Morgan fingerprint density at radius 3 is 2.44 bits per heavy atom. The van der Waals surface area contributed by atoms with Crippen LogP contribution in [-0.2, 0) is 6.18 Å². The van der Waals surface area contributed by atoms with Crippen molar-refractivity contribution in [1.29, 1.82) is 0 Å². The van der Waals surface area contributed by atoms with Gasteiger partial charge in [0.2, 0.25) is 0 Å². The van der Waals surface area contributed by atoms with Crippen molar-refractivity contribution in [3.8, 4) is 0 Å². The van der Waals surface area contributed by atoms with E-state index in [0.29, 0.717) is 6.42 Å². The Morgan fingerprint density at radius 2 is 1.94 bits per heavy atom. The summed E-state index contributed by atoms with van der Waals surface area (Å²) < 4.78 is 37.9. The van der Waals surface area contributed by atoms with Gasteiger partial charge >= 0.3 is 6.18 Å². The minimum Gasteiger partial charge on any atom is -0.327 e. The van der Waals surface area contributed by atoms with E-state index in [-0.39, 0.29) is 12.1 Å². The van der Waals surface area contributed by atoms with Crippen molar-refractivity contribution in [2.24, 2.45) is 5.73 Å². The second-order valence-corrected chi connectivity index (χ2v) is 3.45. The van der Waals surface area contributed by atoms with Crippen molar-refractivity contribution in [2.75, 3.05) is 6.54 Å². The highest BCUT2D eigenvalue weighted by Crippen LogP contribution is 2.32. The molecule has 0 bridgehead atoms. The van der Waals surface area contributed by atoms with Crippen molar-refractivity contribution in [3.63, 3.8) is 0 Å². The smallest absolute Gasteiger partial charge is 0.327 e. The zero-order valence-corrected chi connectivity index (χ0v) is 9.01. The average Bonchev–Trinajstić information content (AvgIpc) is 2.25. The van der Waals surface area contributed by atoms with Crippen molar-refractivity contribution >= 4 is 6.08 Å². The fourth-order valence-corrected chi connectivity index (χ4v) is 1.41. The monoisotopic (exact) mass is 229 g/mol. The summed E-state index contributed by atoms with van der Waals surface area (Å²) in [5.41, 5.74) is 5.80. The van der Waals surface area contributed by atoms with Crippen LogP contribution in [0.5, 0.6) is 0 Å². The lowest BCUT2D eigenvalue weighted by Gasteiger charge is -2.11. The van der Waals surface area contributed by atoms with E-state index < -0.39 is 11.7 Å². The third kappa shape index (κ3) is 3.10. The summed E-state index contributed by atoms with van der Waals surface area (Å²) >= 11 is 0. The third-order valence-corrected chi connectivity index (χ3v) is 2.34. The summed E-state index contributed by atoms with van der Waals surface area (Å²) in [7, 11) is 0. The van der Waals surface area contributed by atoms with Crippen LogP contribution < -0.4 is 5.73 Å². The zero-order valence-electron chi connectivity index (χ0n) is 9.01. The molecule has 88 valence electrons. The Hall–Kier alpha value is -1.29. The highest BCUT2D eigenvalue weighted by atomic mass is 19.4. The van der Waals surface area contributed by atoms with Gasteiger partial charge in [-0.25, -0.2) is 0 Å². The van der Waals surface area contributed by atoms with Crippen LogP contribution in [0.15, 0.2) is 29.8 Å². The van der Waals surface area contributed by atoms with Crippen LogP contribution in [0.1, 0.15) is 24.5 Å². The lowest BCUT2D eigenvalue weighted by molar-refractivity contribution is -0.137. The minimum absolute atomic E-state index is 0.178. The molecule has 0 aromatic heterocycles. The van der Waals surface area contributed by atoms with Gasteiger partial charge in [0.15, 0.2) is 0 Å². The molecule has 0 aliphatic rings. The fraction of sp³-hybridized carbons (Fsp3) is 0.333. The van der Waals surface area contributed by atoms with E-state index in [1.807, 2.05) is 6.92 Å². The van der Waals surface area contributed by atoms with Crippen LogP contribution in [-0.4, -0.2) is 6.54 Å². The summed E-state index contributed by atoms with van der Waals surface area (Å²) in [6.45, 7) is 2.15. The van der Waals surface area contributed by atoms with Crippen molar-refractivity contribution in [3.05, 3.63) is 41.0 Å². The number of alkyl halides is 3.